The van der Waals surface area contributed by atoms with E-state index in [0.29, 0.717) is 103 Å². The van der Waals surface area contributed by atoms with Crippen LogP contribution in [0.4, 0.5) is 18.8 Å². The van der Waals surface area contributed by atoms with E-state index in [-0.39, 0.29) is 103 Å². The number of rotatable bonds is 47. The number of alkyl carbamates (subject to hydrolysis) is 3. The van der Waals surface area contributed by atoms with Crippen LogP contribution < -0.4 is 56.1 Å². The number of ether oxygens (including phenoxy) is 3. The number of alkyl halides is 2. The van der Waals surface area contributed by atoms with Gasteiger partial charge in [0.1, 0.15) is 28.6 Å². The number of nitrogens with one attached hydrogen (secondary N) is 3. The maximum atomic E-state index is 12.9. The second-order valence-electron chi connectivity index (χ2n) is 32.5. The van der Waals surface area contributed by atoms with Crippen LogP contribution in [0, 0.1) is 48.1 Å². The second-order valence-corrected chi connectivity index (χ2v) is 32.5. The first-order valence-corrected chi connectivity index (χ1v) is 41.8. The van der Waals surface area contributed by atoms with Crippen LogP contribution in [0.3, 0.4) is 0 Å². The number of aliphatic imine (C=N–C) groups is 4. The van der Waals surface area contributed by atoms with Crippen LogP contribution in [0.15, 0.2) is 141 Å². The predicted molar refractivity (Wildman–Crippen MR) is 500 cm³/mol. The number of carboxylic acids is 1. The van der Waals surface area contributed by atoms with Crippen molar-refractivity contribution in [3.05, 3.63) is 174 Å². The molecule has 0 saturated carbocycles. The average molecular weight is 1830 g/mol. The molecule has 0 saturated heterocycles. The Morgan fingerprint density at radius 1 is 0.432 bits per heavy atom. The number of nitrogens with two attached hydrogens (primary N) is 7. The molecule has 18 N–H and O–H groups in total. The van der Waals surface area contributed by atoms with Crippen molar-refractivity contribution in [2.45, 2.75) is 259 Å². The molecule has 4 aromatic rings. The average Bonchev–Trinajstić information content (AvgIpc) is 0.889. The quantitative estimate of drug-likeness (QED) is 0.00372. The molecule has 3 amide bonds. The first kappa shape index (κ1) is 121. The molecule has 8 unspecified atom stereocenters. The lowest BCUT2D eigenvalue weighted by atomic mass is 9.92. The van der Waals surface area contributed by atoms with Gasteiger partial charge in [0.05, 0.1) is 26.6 Å². The molecule has 125 heavy (non-hydrogen) atoms. The summed E-state index contributed by atoms with van der Waals surface area (Å²) in [5.41, 5.74) is 41.3. The fourth-order valence-corrected chi connectivity index (χ4v) is 11.4. The zero-order valence-corrected chi connectivity index (χ0v) is 77.9. The van der Waals surface area contributed by atoms with Crippen molar-refractivity contribution in [2.75, 3.05) is 59.3 Å². The molecule has 0 radical (unpaired) electrons. The summed E-state index contributed by atoms with van der Waals surface area (Å²) in [6, 6.07) is 37.9. The van der Waals surface area contributed by atoms with E-state index in [2.05, 4.69) is 78.7 Å². The van der Waals surface area contributed by atoms with Crippen molar-refractivity contribution >= 4 is 101 Å². The number of halogens is 4. The number of Topliss-reactive ketones (excluding diaryl/α,β-unsaturated/α-hetero) is 3. The predicted octanol–water partition coefficient (Wildman–Crippen LogP) is 13.3. The van der Waals surface area contributed by atoms with Gasteiger partial charge < -0.3 is 75.4 Å². The Kier molecular flexibility index (Phi) is 69.7. The van der Waals surface area contributed by atoms with Crippen LogP contribution in [-0.4, -0.2) is 191 Å². The number of amidine groups is 3. The first-order chi connectivity index (χ1) is 58.1. The fourth-order valence-electron chi connectivity index (χ4n) is 11.4. The zero-order chi connectivity index (χ0) is 94.8. The number of hydrogen-bond donors (Lipinski definition) is 11. The van der Waals surface area contributed by atoms with Crippen LogP contribution in [0.5, 0.6) is 0 Å². The number of carboxylic acid groups (broad SMARTS) is 1. The number of guanidine groups is 1. The molecular weight excluding hydrogens is 1680 g/mol. The highest BCUT2D eigenvalue weighted by atomic mass is 35.5. The van der Waals surface area contributed by atoms with E-state index in [1.54, 1.807) is 62.3 Å². The number of carbonyl (C=O) groups is 7. The number of nitrogens with zero attached hydrogens (tertiary/aromatic N) is 7. The van der Waals surface area contributed by atoms with E-state index in [1.807, 2.05) is 118 Å². The second kappa shape index (κ2) is 72.0. The largest absolute Gasteiger partial charge is 0.480 e. The minimum atomic E-state index is -1.16. The van der Waals surface area contributed by atoms with Crippen molar-refractivity contribution in [3.63, 3.8) is 0 Å². The maximum Gasteiger partial charge on any atom is 0.408 e. The van der Waals surface area contributed by atoms with E-state index >= 15 is 0 Å². The summed E-state index contributed by atoms with van der Waals surface area (Å²) in [7, 11) is -1.00. The van der Waals surface area contributed by atoms with Crippen LogP contribution in [0.25, 0.3) is 0 Å². The SMILES string of the molecule is CC(C)(C)OC(=O)NC(CCCCN=C(N)C[N+](=O)[O-])C(=O)O.CC(CC(=O)C(CCCCN=C(N)C[N+](=O)[O-])NC(=O)OC(C)(C)C)Cc1ccccc1.CC(CC(=O)C(CCCCN=C(N)C[N+](=O)[O-])NC(=O)OC(C)(C)C)Cc1ccccc1.CC(CC(=O)C(N)CCCCN=C(N)N)Cc1ccccc1.CC(N)Cc1ccccc1.CCl.Cl.Cl.[2H]CF. The number of amides is 3. The fraction of sp³-hybridized carbons (Fsp3) is 0.598. The van der Waals surface area contributed by atoms with Crippen molar-refractivity contribution in [3.8, 4) is 0 Å². The van der Waals surface area contributed by atoms with Gasteiger partial charge >= 0.3 is 24.2 Å². The van der Waals surface area contributed by atoms with E-state index in [4.69, 9.17) is 60.8 Å². The van der Waals surface area contributed by atoms with Gasteiger partial charge in [-0.3, -0.25) is 69.1 Å². The number of ketones is 3. The Morgan fingerprint density at radius 3 is 0.920 bits per heavy atom. The van der Waals surface area contributed by atoms with Gasteiger partial charge in [0.15, 0.2) is 35.0 Å². The lowest BCUT2D eigenvalue weighted by Gasteiger charge is -2.24. The molecule has 38 heteroatoms. The van der Waals surface area contributed by atoms with Crippen LogP contribution in [0.1, 0.15) is 210 Å². The molecule has 4 rings (SSSR count). The summed E-state index contributed by atoms with van der Waals surface area (Å²) in [5, 5.41) is 47.8. The third-order valence-electron chi connectivity index (χ3n) is 16.6. The summed E-state index contributed by atoms with van der Waals surface area (Å²) >= 11 is 4.64. The smallest absolute Gasteiger partial charge is 0.408 e. The van der Waals surface area contributed by atoms with Crippen LogP contribution in [0.2, 0.25) is 0 Å². The molecule has 0 spiro atoms. The molecule has 4 aromatic carbocycles. The summed E-state index contributed by atoms with van der Waals surface area (Å²) < 4.78 is 31.1. The Morgan fingerprint density at radius 2 is 0.672 bits per heavy atom. The highest BCUT2D eigenvalue weighted by Gasteiger charge is 2.29. The number of nitro groups is 3. The summed E-state index contributed by atoms with van der Waals surface area (Å²) in [6.45, 7) is 23.8. The number of aliphatic carboxylic acids is 1. The number of hydrogen-bond acceptors (Lipinski definition) is 22. The number of carbonyl (C=O) groups excluding carboxylic acids is 6. The molecule has 0 aromatic heterocycles. The van der Waals surface area contributed by atoms with E-state index < -0.39 is 101 Å². The third-order valence-corrected chi connectivity index (χ3v) is 16.6. The third kappa shape index (κ3) is 76.0. The van der Waals surface area contributed by atoms with Gasteiger partial charge in [-0.2, -0.15) is 0 Å². The molecule has 0 bridgehead atoms. The Bertz CT molecular complexity index is 3660. The Hall–Kier alpha value is -10.2. The van der Waals surface area contributed by atoms with Gasteiger partial charge in [-0.15, -0.1) is 36.4 Å². The molecule has 34 nitrogen and oxygen atoms in total. The minimum Gasteiger partial charge on any atom is -0.480 e. The van der Waals surface area contributed by atoms with Crippen molar-refractivity contribution in [1.82, 2.24) is 16.0 Å². The van der Waals surface area contributed by atoms with Crippen molar-refractivity contribution < 1.29 is 73.4 Å². The van der Waals surface area contributed by atoms with Gasteiger partial charge in [0.2, 0.25) is 0 Å². The summed E-state index contributed by atoms with van der Waals surface area (Å²) in [5.74, 6) is -0.564. The molecule has 0 aliphatic rings. The molecule has 0 aliphatic carbocycles. The van der Waals surface area contributed by atoms with Crippen molar-refractivity contribution in [2.24, 2.45) is 77.9 Å². The van der Waals surface area contributed by atoms with E-state index in [0.717, 1.165) is 49.7 Å². The summed E-state index contributed by atoms with van der Waals surface area (Å²) in [6.07, 6.45) is 10.9. The van der Waals surface area contributed by atoms with Gasteiger partial charge in [-0.05, 0) is 212 Å². The Labute approximate surface area is 757 Å². The Balaban J connectivity index is -0.000000491. The topological polar surface area (TPSA) is 564 Å². The van der Waals surface area contributed by atoms with E-state index in [9.17, 15) is 68.3 Å². The molecular formula is C87H145Cl3FN17O17. The van der Waals surface area contributed by atoms with Gasteiger partial charge in [0, 0.05) is 72.6 Å². The van der Waals surface area contributed by atoms with Crippen LogP contribution >= 0.6 is 36.4 Å². The van der Waals surface area contributed by atoms with E-state index in [1.165, 1.54) is 17.5 Å². The van der Waals surface area contributed by atoms with Crippen LogP contribution in [-0.2, 0) is 59.1 Å². The minimum absolute atomic E-state index is 0. The summed E-state index contributed by atoms with van der Waals surface area (Å²) in [4.78, 5) is 130. The maximum absolute atomic E-state index is 12.9. The lowest BCUT2D eigenvalue weighted by Crippen LogP contribution is -2.44. The standard InChI is InChI=1S/2C23H36N4O5.C17H28N4O.C13H24N4O6.C9H13N.CH3Cl.CH3F.2ClH/c2*1-17(14-18-10-6-5-7-11-18)15-20(28)19(26-22(29)32-23(2,3)4)12-8-9-13-25-21(24)16-27(30)31;1-13(11-14-7-3-2-4-8-14)12-16(22)15(18)9-5-6-10-21-17(19)20;1-13(2,3)23-12(20)16-9(11(18)19)6-4-5-7-15-10(14)8-17(21)22;1-8(10)7-9-5-3-2-4-6-9;2*1-2;;/h2*5-7,10-11,17,19H,8-9,12-16H2,1-4H3,(H2,24,25)(H,26,29);2-4,7-8,13,15H,5-6,9-12,18H2,1H3,(H4,19,20,21);9H,4-8H2,1-3H3,(H2,14,15)(H,16,20)(H,18,19);2-6,8H,7,10H2,1H3;2*1H3;2*1H/i;;;;;;1D;;. The van der Waals surface area contributed by atoms with Crippen molar-refractivity contribution in [1.29, 1.82) is 0 Å². The molecule has 0 fully saturated rings. The lowest BCUT2D eigenvalue weighted by molar-refractivity contribution is -0.463. The monoisotopic (exact) mass is 1830 g/mol. The number of benzene rings is 4. The van der Waals surface area contributed by atoms with Gasteiger partial charge in [0.25, 0.3) is 19.6 Å². The highest BCUT2D eigenvalue weighted by Crippen LogP contribution is 2.20. The molecule has 8 atom stereocenters. The number of unbranched alkanes of at least 4 members (excludes halogenated alkanes) is 4. The highest BCUT2D eigenvalue weighted by molar-refractivity contribution is 6.15. The molecule has 708 valence electrons. The first-order valence-electron chi connectivity index (χ1n) is 41.8. The molecule has 0 heterocycles. The molecule has 0 aliphatic heterocycles. The zero-order valence-electron chi connectivity index (χ0n) is 76.5. The normalized spacial score (nSPS) is 13.1. The van der Waals surface area contributed by atoms with Gasteiger partial charge in [-0.25, -0.2) is 19.2 Å². The van der Waals surface area contributed by atoms with Gasteiger partial charge in [-0.1, -0.05) is 142 Å².